The summed E-state index contributed by atoms with van der Waals surface area (Å²) in [6.45, 7) is 3.51. The summed E-state index contributed by atoms with van der Waals surface area (Å²) in [6.07, 6.45) is 2.42. The van der Waals surface area contributed by atoms with Gasteiger partial charge in [-0.3, -0.25) is 9.59 Å². The number of Topliss-reactive ketones (excluding diaryl/α,β-unsaturated/α-hetero) is 1. The second kappa shape index (κ2) is 8.68. The van der Waals surface area contributed by atoms with E-state index in [0.717, 1.165) is 0 Å². The number of carboxylic acids is 1. The summed E-state index contributed by atoms with van der Waals surface area (Å²) >= 11 is 0. The summed E-state index contributed by atoms with van der Waals surface area (Å²) in [4.78, 5) is 34.5. The van der Waals surface area contributed by atoms with E-state index in [1.54, 1.807) is 36.4 Å². The van der Waals surface area contributed by atoms with E-state index in [2.05, 4.69) is 11.9 Å². The Labute approximate surface area is 123 Å². The van der Waals surface area contributed by atoms with Crippen molar-refractivity contribution in [2.45, 2.75) is 31.7 Å². The van der Waals surface area contributed by atoms with Crippen LogP contribution in [0.4, 0.5) is 0 Å². The van der Waals surface area contributed by atoms with Gasteiger partial charge in [0.25, 0.3) is 0 Å². The lowest BCUT2D eigenvalue weighted by Gasteiger charge is -2.13. The largest absolute Gasteiger partial charge is 0.480 e. The fourth-order valence-corrected chi connectivity index (χ4v) is 1.80. The molecule has 1 unspecified atom stereocenters. The third-order valence-corrected chi connectivity index (χ3v) is 2.97. The Balaban J connectivity index is 2.44. The molecule has 112 valence electrons. The van der Waals surface area contributed by atoms with Crippen molar-refractivity contribution in [3.8, 4) is 0 Å². The van der Waals surface area contributed by atoms with Crippen molar-refractivity contribution in [1.29, 1.82) is 0 Å². The molecule has 0 aromatic heterocycles. The quantitative estimate of drug-likeness (QED) is 0.539. The van der Waals surface area contributed by atoms with E-state index in [9.17, 15) is 14.4 Å². The Hall–Kier alpha value is -2.43. The number of hydrogen-bond acceptors (Lipinski definition) is 3. The lowest BCUT2D eigenvalue weighted by atomic mass is 10.1. The van der Waals surface area contributed by atoms with Crippen LogP contribution in [0.25, 0.3) is 0 Å². The van der Waals surface area contributed by atoms with Crippen LogP contribution >= 0.6 is 0 Å². The second-order valence-electron chi connectivity index (χ2n) is 4.61. The highest BCUT2D eigenvalue weighted by molar-refractivity contribution is 5.98. The van der Waals surface area contributed by atoms with Gasteiger partial charge in [0.05, 0.1) is 0 Å². The number of carboxylic acid groups (broad SMARTS) is 1. The summed E-state index contributed by atoms with van der Waals surface area (Å²) < 4.78 is 0. The molecule has 1 rings (SSSR count). The molecule has 1 aromatic rings. The Morgan fingerprint density at radius 2 is 1.86 bits per heavy atom. The first-order valence-electron chi connectivity index (χ1n) is 6.76. The van der Waals surface area contributed by atoms with Crippen LogP contribution in [-0.4, -0.2) is 28.8 Å². The normalized spacial score (nSPS) is 11.4. The van der Waals surface area contributed by atoms with Crippen LogP contribution in [-0.2, 0) is 9.59 Å². The predicted octanol–water partition coefficient (Wildman–Crippen LogP) is 2.19. The van der Waals surface area contributed by atoms with Crippen molar-refractivity contribution in [2.24, 2.45) is 0 Å². The van der Waals surface area contributed by atoms with E-state index in [1.807, 2.05) is 0 Å². The number of carbonyl (C=O) groups excluding carboxylic acids is 2. The van der Waals surface area contributed by atoms with Gasteiger partial charge in [-0.15, -0.1) is 6.58 Å². The molecule has 0 radical (unpaired) electrons. The van der Waals surface area contributed by atoms with Crippen LogP contribution in [0.5, 0.6) is 0 Å². The molecule has 1 amide bonds. The minimum Gasteiger partial charge on any atom is -0.480 e. The third kappa shape index (κ3) is 6.03. The van der Waals surface area contributed by atoms with Gasteiger partial charge in [0.15, 0.2) is 5.78 Å². The van der Waals surface area contributed by atoms with Crippen LogP contribution < -0.4 is 5.32 Å². The summed E-state index contributed by atoms with van der Waals surface area (Å²) in [7, 11) is 0. The average molecular weight is 289 g/mol. The van der Waals surface area contributed by atoms with Gasteiger partial charge >= 0.3 is 5.97 Å². The second-order valence-corrected chi connectivity index (χ2v) is 4.61. The molecule has 1 atom stereocenters. The number of carbonyl (C=O) groups is 3. The predicted molar refractivity (Wildman–Crippen MR) is 79.0 cm³/mol. The summed E-state index contributed by atoms with van der Waals surface area (Å²) in [5.74, 6) is -1.65. The van der Waals surface area contributed by atoms with E-state index in [1.165, 1.54) is 0 Å². The molecule has 0 aliphatic rings. The molecule has 1 aromatic carbocycles. The number of benzene rings is 1. The molecule has 0 heterocycles. The zero-order valence-electron chi connectivity index (χ0n) is 11.7. The number of hydrogen-bond donors (Lipinski definition) is 2. The molecular weight excluding hydrogens is 270 g/mol. The number of ketones is 1. The molecule has 21 heavy (non-hydrogen) atoms. The highest BCUT2D eigenvalue weighted by Crippen LogP contribution is 2.06. The van der Waals surface area contributed by atoms with E-state index in [4.69, 9.17) is 5.11 Å². The fraction of sp³-hybridized carbons (Fsp3) is 0.312. The van der Waals surface area contributed by atoms with Gasteiger partial charge in [-0.25, -0.2) is 4.79 Å². The summed E-state index contributed by atoms with van der Waals surface area (Å²) in [5.41, 5.74) is 0.548. The molecule has 2 N–H and O–H groups in total. The van der Waals surface area contributed by atoms with Gasteiger partial charge in [0.1, 0.15) is 6.04 Å². The van der Waals surface area contributed by atoms with Crippen LogP contribution in [0.3, 0.4) is 0 Å². The molecule has 0 saturated heterocycles. The van der Waals surface area contributed by atoms with Crippen molar-refractivity contribution in [1.82, 2.24) is 5.32 Å². The number of amides is 1. The van der Waals surface area contributed by atoms with Crippen molar-refractivity contribution < 1.29 is 19.5 Å². The van der Waals surface area contributed by atoms with Gasteiger partial charge in [0, 0.05) is 18.4 Å². The Bertz CT molecular complexity index is 510. The van der Waals surface area contributed by atoms with Crippen molar-refractivity contribution in [3.05, 3.63) is 48.6 Å². The maximum Gasteiger partial charge on any atom is 0.326 e. The molecule has 0 aliphatic carbocycles. The van der Waals surface area contributed by atoms with Gasteiger partial charge in [-0.05, 0) is 12.8 Å². The number of rotatable bonds is 9. The summed E-state index contributed by atoms with van der Waals surface area (Å²) in [6, 6.07) is 7.74. The average Bonchev–Trinajstić information content (AvgIpc) is 2.49. The highest BCUT2D eigenvalue weighted by Gasteiger charge is 2.19. The van der Waals surface area contributed by atoms with Crippen molar-refractivity contribution >= 4 is 17.7 Å². The van der Waals surface area contributed by atoms with E-state index in [-0.39, 0.29) is 25.0 Å². The first-order valence-corrected chi connectivity index (χ1v) is 6.76. The van der Waals surface area contributed by atoms with Crippen molar-refractivity contribution in [3.63, 3.8) is 0 Å². The van der Waals surface area contributed by atoms with Gasteiger partial charge < -0.3 is 10.4 Å². The molecule has 0 bridgehead atoms. The Morgan fingerprint density at radius 3 is 2.43 bits per heavy atom. The van der Waals surface area contributed by atoms with Crippen molar-refractivity contribution in [2.75, 3.05) is 0 Å². The minimum atomic E-state index is -1.08. The van der Waals surface area contributed by atoms with Crippen LogP contribution in [0.15, 0.2) is 43.0 Å². The van der Waals surface area contributed by atoms with Crippen LogP contribution in [0.2, 0.25) is 0 Å². The van der Waals surface area contributed by atoms with E-state index < -0.39 is 17.9 Å². The third-order valence-electron chi connectivity index (χ3n) is 2.97. The van der Waals surface area contributed by atoms with Gasteiger partial charge in [0.2, 0.25) is 5.91 Å². The van der Waals surface area contributed by atoms with Gasteiger partial charge in [-0.2, -0.15) is 0 Å². The molecule has 5 nitrogen and oxygen atoms in total. The fourth-order valence-electron chi connectivity index (χ4n) is 1.80. The lowest BCUT2D eigenvalue weighted by Crippen LogP contribution is -2.40. The first kappa shape index (κ1) is 16.6. The standard InChI is InChI=1S/C16H19NO4/c1-2-3-9-13(16(20)21)17-15(19)11-10-14(18)12-7-5-4-6-8-12/h2,4-8,13H,1,3,9-11H2,(H,17,19)(H,20,21). The lowest BCUT2D eigenvalue weighted by molar-refractivity contribution is -0.142. The molecule has 0 aliphatic heterocycles. The van der Waals surface area contributed by atoms with Crippen LogP contribution in [0.1, 0.15) is 36.0 Å². The Morgan fingerprint density at radius 1 is 1.19 bits per heavy atom. The Kier molecular flexibility index (Phi) is 6.87. The number of nitrogens with one attached hydrogen (secondary N) is 1. The van der Waals surface area contributed by atoms with Crippen LogP contribution in [0, 0.1) is 0 Å². The zero-order chi connectivity index (χ0) is 15.7. The topological polar surface area (TPSA) is 83.5 Å². The molecule has 0 fully saturated rings. The molecule has 0 spiro atoms. The molecule has 5 heteroatoms. The monoisotopic (exact) mass is 289 g/mol. The van der Waals surface area contributed by atoms with Gasteiger partial charge in [-0.1, -0.05) is 36.4 Å². The van der Waals surface area contributed by atoms with E-state index >= 15 is 0 Å². The smallest absolute Gasteiger partial charge is 0.326 e. The minimum absolute atomic E-state index is 0.0222. The summed E-state index contributed by atoms with van der Waals surface area (Å²) in [5, 5.41) is 11.4. The van der Waals surface area contributed by atoms with E-state index in [0.29, 0.717) is 12.0 Å². The molecule has 0 saturated carbocycles. The number of aliphatic carboxylic acids is 1. The number of allylic oxidation sites excluding steroid dienone is 1. The molecular formula is C16H19NO4. The SMILES string of the molecule is C=CCCC(NC(=O)CCC(=O)c1ccccc1)C(=O)O. The maximum atomic E-state index is 11.8. The highest BCUT2D eigenvalue weighted by atomic mass is 16.4. The maximum absolute atomic E-state index is 11.8. The first-order chi connectivity index (χ1) is 10.0. The zero-order valence-corrected chi connectivity index (χ0v) is 11.7.